The molecule has 0 bridgehead atoms. The number of methoxy groups -OCH3 is 2. The van der Waals surface area contributed by atoms with E-state index in [1.54, 1.807) is 25.6 Å². The Morgan fingerprint density at radius 2 is 1.76 bits per heavy atom. The summed E-state index contributed by atoms with van der Waals surface area (Å²) in [4.78, 5) is 2.55. The molecule has 0 aliphatic carbocycles. The first kappa shape index (κ1) is 16.3. The fourth-order valence-electron chi connectivity index (χ4n) is 2.21. The Labute approximate surface area is 138 Å². The van der Waals surface area contributed by atoms with Gasteiger partial charge in [0.25, 0.3) is 0 Å². The molecule has 1 aromatic carbocycles. The van der Waals surface area contributed by atoms with E-state index in [0.717, 1.165) is 28.1 Å². The van der Waals surface area contributed by atoms with Gasteiger partial charge in [-0.1, -0.05) is 6.92 Å². The molecule has 2 rings (SSSR count). The lowest BCUT2D eigenvalue weighted by molar-refractivity contribution is 0.392. The summed E-state index contributed by atoms with van der Waals surface area (Å²) in [5.74, 6) is 1.61. The molecular formula is C16H20BrNO2S. The van der Waals surface area contributed by atoms with E-state index in [1.807, 2.05) is 6.07 Å². The van der Waals surface area contributed by atoms with E-state index in [9.17, 15) is 0 Å². The Bertz CT molecular complexity index is 571. The van der Waals surface area contributed by atoms with Gasteiger partial charge in [0.05, 0.1) is 20.3 Å². The third-order valence-corrected chi connectivity index (χ3v) is 5.48. The van der Waals surface area contributed by atoms with Gasteiger partial charge in [-0.25, -0.2) is 0 Å². The molecule has 0 amide bonds. The van der Waals surface area contributed by atoms with Crippen molar-refractivity contribution >= 4 is 27.3 Å². The van der Waals surface area contributed by atoms with Crippen LogP contribution in [0.25, 0.3) is 0 Å². The highest BCUT2D eigenvalue weighted by atomic mass is 79.9. The van der Waals surface area contributed by atoms with Gasteiger partial charge in [-0.15, -0.1) is 11.3 Å². The lowest BCUT2D eigenvalue weighted by atomic mass is 10.0. The van der Waals surface area contributed by atoms with E-state index < -0.39 is 0 Å². The molecule has 114 valence electrons. The van der Waals surface area contributed by atoms with Gasteiger partial charge in [0, 0.05) is 20.3 Å². The monoisotopic (exact) mass is 369 g/mol. The van der Waals surface area contributed by atoms with Gasteiger partial charge >= 0.3 is 0 Å². The molecule has 0 radical (unpaired) electrons. The predicted molar refractivity (Wildman–Crippen MR) is 91.8 cm³/mol. The van der Waals surface area contributed by atoms with E-state index >= 15 is 0 Å². The van der Waals surface area contributed by atoms with Gasteiger partial charge in [-0.2, -0.15) is 0 Å². The van der Waals surface area contributed by atoms with Crippen LogP contribution >= 0.6 is 27.3 Å². The van der Waals surface area contributed by atoms with Crippen LogP contribution in [0.5, 0.6) is 11.5 Å². The van der Waals surface area contributed by atoms with Crippen molar-refractivity contribution in [2.75, 3.05) is 20.8 Å². The maximum atomic E-state index is 5.38. The summed E-state index contributed by atoms with van der Waals surface area (Å²) in [7, 11) is 3.35. The number of aryl methyl sites for hydroxylation is 1. The van der Waals surface area contributed by atoms with Crippen LogP contribution in [-0.4, -0.2) is 20.8 Å². The summed E-state index contributed by atoms with van der Waals surface area (Å²) in [6.07, 6.45) is 0. The average molecular weight is 370 g/mol. The molecule has 0 spiro atoms. The van der Waals surface area contributed by atoms with Crippen LogP contribution in [0.4, 0.5) is 0 Å². The molecule has 21 heavy (non-hydrogen) atoms. The summed E-state index contributed by atoms with van der Waals surface area (Å²) >= 11 is 5.39. The minimum absolute atomic E-state index is 0.133. The molecule has 0 fully saturated rings. The second-order valence-electron chi connectivity index (χ2n) is 4.69. The lowest BCUT2D eigenvalue weighted by Crippen LogP contribution is -2.21. The van der Waals surface area contributed by atoms with Gasteiger partial charge in [-0.05, 0) is 53.2 Å². The Morgan fingerprint density at radius 3 is 2.19 bits per heavy atom. The fraction of sp³-hybridized carbons (Fsp3) is 0.375. The van der Waals surface area contributed by atoms with Crippen molar-refractivity contribution in [1.29, 1.82) is 0 Å². The first-order chi connectivity index (χ1) is 10.1. The van der Waals surface area contributed by atoms with Crippen molar-refractivity contribution < 1.29 is 9.47 Å². The van der Waals surface area contributed by atoms with Crippen molar-refractivity contribution in [3.05, 3.63) is 44.1 Å². The molecule has 1 unspecified atom stereocenters. The molecule has 1 aromatic heterocycles. The molecule has 5 heteroatoms. The second-order valence-corrected chi connectivity index (χ2v) is 6.83. The Kier molecular flexibility index (Phi) is 5.67. The minimum Gasteiger partial charge on any atom is -0.497 e. The summed E-state index contributed by atoms with van der Waals surface area (Å²) in [5, 5.41) is 3.54. The Morgan fingerprint density at radius 1 is 1.14 bits per heavy atom. The van der Waals surface area contributed by atoms with E-state index in [2.05, 4.69) is 53.3 Å². The molecule has 1 atom stereocenters. The van der Waals surface area contributed by atoms with E-state index in [0.29, 0.717) is 0 Å². The Balaban J connectivity index is 2.46. The Hall–Kier alpha value is -1.04. The number of hydrogen-bond acceptors (Lipinski definition) is 4. The number of hydrogen-bond donors (Lipinski definition) is 1. The standard InChI is InChI=1S/C16H20BrNO2S/c1-5-18-16(15-9-14(17)10(2)21-15)11-6-12(19-3)8-13(7-11)20-4/h6-9,16,18H,5H2,1-4H3. The molecular weight excluding hydrogens is 350 g/mol. The van der Waals surface area contributed by atoms with E-state index in [1.165, 1.54) is 9.75 Å². The first-order valence-corrected chi connectivity index (χ1v) is 8.42. The van der Waals surface area contributed by atoms with Gasteiger partial charge in [0.15, 0.2) is 0 Å². The van der Waals surface area contributed by atoms with Crippen molar-refractivity contribution in [2.45, 2.75) is 19.9 Å². The molecule has 0 aliphatic rings. The maximum Gasteiger partial charge on any atom is 0.122 e. The molecule has 2 aromatic rings. The second kappa shape index (κ2) is 7.29. The highest BCUT2D eigenvalue weighted by molar-refractivity contribution is 9.10. The van der Waals surface area contributed by atoms with Gasteiger partial charge in [-0.3, -0.25) is 0 Å². The zero-order valence-electron chi connectivity index (χ0n) is 12.7. The van der Waals surface area contributed by atoms with Crippen LogP contribution in [0.1, 0.15) is 28.3 Å². The van der Waals surface area contributed by atoms with E-state index in [4.69, 9.17) is 9.47 Å². The van der Waals surface area contributed by atoms with E-state index in [-0.39, 0.29) is 6.04 Å². The smallest absolute Gasteiger partial charge is 0.122 e. The van der Waals surface area contributed by atoms with Crippen LogP contribution in [0.3, 0.4) is 0 Å². The minimum atomic E-state index is 0.133. The van der Waals surface area contributed by atoms with Crippen LogP contribution in [0, 0.1) is 6.92 Å². The SMILES string of the molecule is CCNC(c1cc(OC)cc(OC)c1)c1cc(Br)c(C)s1. The number of halogens is 1. The normalized spacial score (nSPS) is 12.2. The van der Waals surface area contributed by atoms with Crippen molar-refractivity contribution in [2.24, 2.45) is 0 Å². The maximum absolute atomic E-state index is 5.38. The highest BCUT2D eigenvalue weighted by Crippen LogP contribution is 2.36. The van der Waals surface area contributed by atoms with Crippen molar-refractivity contribution in [3.63, 3.8) is 0 Å². The molecule has 0 saturated carbocycles. The molecule has 1 heterocycles. The number of ether oxygens (including phenoxy) is 2. The van der Waals surface area contributed by atoms with Crippen LogP contribution in [-0.2, 0) is 0 Å². The third-order valence-electron chi connectivity index (χ3n) is 3.28. The summed E-state index contributed by atoms with van der Waals surface area (Å²) < 4.78 is 11.9. The lowest BCUT2D eigenvalue weighted by Gasteiger charge is -2.18. The summed E-state index contributed by atoms with van der Waals surface area (Å²) in [6, 6.07) is 8.31. The summed E-state index contributed by atoms with van der Waals surface area (Å²) in [5.41, 5.74) is 1.14. The zero-order valence-corrected chi connectivity index (χ0v) is 15.1. The van der Waals surface area contributed by atoms with Crippen LogP contribution in [0.15, 0.2) is 28.7 Å². The van der Waals surface area contributed by atoms with Gasteiger partial charge < -0.3 is 14.8 Å². The largest absolute Gasteiger partial charge is 0.497 e. The van der Waals surface area contributed by atoms with Gasteiger partial charge in [0.1, 0.15) is 11.5 Å². The predicted octanol–water partition coefficient (Wildman–Crippen LogP) is 4.54. The van der Waals surface area contributed by atoms with Crippen molar-refractivity contribution in [1.82, 2.24) is 5.32 Å². The topological polar surface area (TPSA) is 30.5 Å². The number of nitrogens with one attached hydrogen (secondary N) is 1. The fourth-order valence-corrected chi connectivity index (χ4v) is 3.87. The van der Waals surface area contributed by atoms with Crippen molar-refractivity contribution in [3.8, 4) is 11.5 Å². The molecule has 3 nitrogen and oxygen atoms in total. The highest BCUT2D eigenvalue weighted by Gasteiger charge is 2.18. The number of benzene rings is 1. The van der Waals surface area contributed by atoms with Gasteiger partial charge in [0.2, 0.25) is 0 Å². The quantitative estimate of drug-likeness (QED) is 0.810. The average Bonchev–Trinajstić information content (AvgIpc) is 2.83. The first-order valence-electron chi connectivity index (χ1n) is 6.81. The zero-order chi connectivity index (χ0) is 15.4. The van der Waals surface area contributed by atoms with Crippen LogP contribution in [0.2, 0.25) is 0 Å². The number of thiophene rings is 1. The molecule has 0 aliphatic heterocycles. The van der Waals surface area contributed by atoms with Crippen LogP contribution < -0.4 is 14.8 Å². The third kappa shape index (κ3) is 3.78. The molecule has 1 N–H and O–H groups in total. The number of rotatable bonds is 6. The summed E-state index contributed by atoms with van der Waals surface area (Å²) in [6.45, 7) is 5.12. The molecule has 0 saturated heterocycles.